The number of hydrogen-bond donors (Lipinski definition) is 0. The maximum absolute atomic E-state index is 12.6. The lowest BCUT2D eigenvalue weighted by atomic mass is 10.1. The first-order chi connectivity index (χ1) is 12.2. The number of ether oxygens (including phenoxy) is 2. The molecule has 0 fully saturated rings. The Bertz CT molecular complexity index is 710. The zero-order valence-electron chi connectivity index (χ0n) is 15.1. The molecule has 4 nitrogen and oxygen atoms in total. The Morgan fingerprint density at radius 1 is 1.04 bits per heavy atom. The molecule has 0 aromatic heterocycles. The van der Waals surface area contributed by atoms with Crippen LogP contribution in [0.3, 0.4) is 0 Å². The van der Waals surface area contributed by atoms with Crippen LogP contribution in [0.5, 0.6) is 11.5 Å². The van der Waals surface area contributed by atoms with E-state index < -0.39 is 0 Å². The molecule has 0 bridgehead atoms. The Labute approximate surface area is 149 Å². The Hall–Kier alpha value is -2.75. The third kappa shape index (κ3) is 5.38. The van der Waals surface area contributed by atoms with Gasteiger partial charge in [-0.05, 0) is 35.8 Å². The lowest BCUT2D eigenvalue weighted by Gasteiger charge is -2.20. The molecule has 0 saturated heterocycles. The molecule has 25 heavy (non-hydrogen) atoms. The van der Waals surface area contributed by atoms with E-state index in [2.05, 4.69) is 6.92 Å². The lowest BCUT2D eigenvalue weighted by Crippen LogP contribution is -2.29. The van der Waals surface area contributed by atoms with Gasteiger partial charge in [0.25, 0.3) is 0 Å². The Balaban J connectivity index is 2.10. The van der Waals surface area contributed by atoms with Gasteiger partial charge in [0, 0.05) is 19.2 Å². The Kier molecular flexibility index (Phi) is 7.08. The summed E-state index contributed by atoms with van der Waals surface area (Å²) in [5.41, 5.74) is 2.02. The number of carbonyl (C=O) groups is 1. The zero-order valence-corrected chi connectivity index (χ0v) is 15.1. The van der Waals surface area contributed by atoms with Crippen molar-refractivity contribution in [1.82, 2.24) is 4.90 Å². The number of carbonyl (C=O) groups excluding carboxylic acids is 1. The van der Waals surface area contributed by atoms with Gasteiger partial charge in [0.1, 0.15) is 0 Å². The Morgan fingerprint density at radius 2 is 1.76 bits per heavy atom. The van der Waals surface area contributed by atoms with Gasteiger partial charge in [0.15, 0.2) is 11.5 Å². The second kappa shape index (κ2) is 9.52. The molecule has 0 spiro atoms. The molecule has 0 saturated carbocycles. The highest BCUT2D eigenvalue weighted by molar-refractivity contribution is 5.91. The molecule has 0 unspecified atom stereocenters. The van der Waals surface area contributed by atoms with Crippen LogP contribution in [0.2, 0.25) is 0 Å². The van der Waals surface area contributed by atoms with Gasteiger partial charge in [0.2, 0.25) is 5.91 Å². The third-order valence-electron chi connectivity index (χ3n) is 3.85. The largest absolute Gasteiger partial charge is 0.493 e. The van der Waals surface area contributed by atoms with Crippen LogP contribution in [0.25, 0.3) is 6.08 Å². The van der Waals surface area contributed by atoms with E-state index in [9.17, 15) is 4.79 Å². The van der Waals surface area contributed by atoms with E-state index in [1.165, 1.54) is 0 Å². The Morgan fingerprint density at radius 3 is 2.40 bits per heavy atom. The molecule has 0 atom stereocenters. The molecule has 0 N–H and O–H groups in total. The third-order valence-corrected chi connectivity index (χ3v) is 3.85. The summed E-state index contributed by atoms with van der Waals surface area (Å²) >= 11 is 0. The lowest BCUT2D eigenvalue weighted by molar-refractivity contribution is -0.126. The van der Waals surface area contributed by atoms with E-state index in [4.69, 9.17) is 9.47 Å². The molecule has 0 radical (unpaired) electrons. The van der Waals surface area contributed by atoms with Crippen molar-refractivity contribution in [3.63, 3.8) is 0 Å². The fraction of sp³-hybridized carbons (Fsp3) is 0.286. The van der Waals surface area contributed by atoms with Crippen molar-refractivity contribution in [2.24, 2.45) is 0 Å². The molecular formula is C21H25NO3. The van der Waals surface area contributed by atoms with Gasteiger partial charge in [-0.15, -0.1) is 0 Å². The average molecular weight is 339 g/mol. The molecular weight excluding hydrogens is 314 g/mol. The molecule has 0 heterocycles. The normalized spacial score (nSPS) is 10.7. The second-order valence-electron chi connectivity index (χ2n) is 5.69. The predicted octanol–water partition coefficient (Wildman–Crippen LogP) is 4.16. The van der Waals surface area contributed by atoms with Gasteiger partial charge in [-0.2, -0.15) is 0 Å². The van der Waals surface area contributed by atoms with Crippen LogP contribution in [-0.4, -0.2) is 31.6 Å². The number of amides is 1. The molecule has 132 valence electrons. The van der Waals surface area contributed by atoms with Crippen LogP contribution in [-0.2, 0) is 11.3 Å². The van der Waals surface area contributed by atoms with Crippen LogP contribution >= 0.6 is 0 Å². The summed E-state index contributed by atoms with van der Waals surface area (Å²) in [5.74, 6) is 1.31. The topological polar surface area (TPSA) is 38.8 Å². The van der Waals surface area contributed by atoms with Gasteiger partial charge < -0.3 is 14.4 Å². The SMILES string of the molecule is CCCN(Cc1ccccc1)C(=O)/C=C/c1ccc(OC)c(OC)c1. The van der Waals surface area contributed by atoms with Gasteiger partial charge in [-0.3, -0.25) is 4.79 Å². The molecule has 4 heteroatoms. The molecule has 2 rings (SSSR count). The van der Waals surface area contributed by atoms with Crippen LogP contribution in [0.4, 0.5) is 0 Å². The van der Waals surface area contributed by atoms with E-state index in [1.54, 1.807) is 26.4 Å². The number of benzene rings is 2. The van der Waals surface area contributed by atoms with E-state index in [0.717, 1.165) is 24.1 Å². The van der Waals surface area contributed by atoms with E-state index in [-0.39, 0.29) is 5.91 Å². The standard InChI is InChI=1S/C21H25NO3/c1-4-14-22(16-18-8-6-5-7-9-18)21(23)13-11-17-10-12-19(24-2)20(15-17)25-3/h5-13,15H,4,14,16H2,1-3H3/b13-11+. The van der Waals surface area contributed by atoms with Gasteiger partial charge in [0.05, 0.1) is 14.2 Å². The molecule has 2 aromatic rings. The predicted molar refractivity (Wildman–Crippen MR) is 101 cm³/mol. The summed E-state index contributed by atoms with van der Waals surface area (Å²) in [6.45, 7) is 3.41. The monoisotopic (exact) mass is 339 g/mol. The number of hydrogen-bond acceptors (Lipinski definition) is 3. The second-order valence-corrected chi connectivity index (χ2v) is 5.69. The van der Waals surface area contributed by atoms with Gasteiger partial charge in [-0.1, -0.05) is 43.3 Å². The average Bonchev–Trinajstić information content (AvgIpc) is 2.66. The molecule has 0 aliphatic rings. The molecule has 0 aliphatic heterocycles. The van der Waals surface area contributed by atoms with Gasteiger partial charge in [-0.25, -0.2) is 0 Å². The number of rotatable bonds is 8. The van der Waals surface area contributed by atoms with Crippen LogP contribution < -0.4 is 9.47 Å². The quantitative estimate of drug-likeness (QED) is 0.678. The van der Waals surface area contributed by atoms with E-state index >= 15 is 0 Å². The summed E-state index contributed by atoms with van der Waals surface area (Å²) in [5, 5.41) is 0. The van der Waals surface area contributed by atoms with E-state index in [1.807, 2.05) is 53.4 Å². The summed E-state index contributed by atoms with van der Waals surface area (Å²) in [6, 6.07) is 15.6. The number of methoxy groups -OCH3 is 2. The smallest absolute Gasteiger partial charge is 0.246 e. The maximum Gasteiger partial charge on any atom is 0.246 e. The minimum absolute atomic E-state index is 0.000452. The van der Waals surface area contributed by atoms with Crippen molar-refractivity contribution >= 4 is 12.0 Å². The first kappa shape index (κ1) is 18.6. The van der Waals surface area contributed by atoms with Crippen molar-refractivity contribution < 1.29 is 14.3 Å². The highest BCUT2D eigenvalue weighted by Crippen LogP contribution is 2.28. The van der Waals surface area contributed by atoms with Crippen molar-refractivity contribution in [1.29, 1.82) is 0 Å². The van der Waals surface area contributed by atoms with Crippen LogP contribution in [0, 0.1) is 0 Å². The molecule has 0 aliphatic carbocycles. The summed E-state index contributed by atoms with van der Waals surface area (Å²) in [7, 11) is 3.20. The van der Waals surface area contributed by atoms with Crippen LogP contribution in [0.15, 0.2) is 54.6 Å². The highest BCUT2D eigenvalue weighted by atomic mass is 16.5. The van der Waals surface area contributed by atoms with Crippen molar-refractivity contribution in [3.8, 4) is 11.5 Å². The highest BCUT2D eigenvalue weighted by Gasteiger charge is 2.10. The van der Waals surface area contributed by atoms with Crippen molar-refractivity contribution in [3.05, 3.63) is 65.7 Å². The van der Waals surface area contributed by atoms with Crippen molar-refractivity contribution in [2.45, 2.75) is 19.9 Å². The number of nitrogens with zero attached hydrogens (tertiary/aromatic N) is 1. The minimum Gasteiger partial charge on any atom is -0.493 e. The van der Waals surface area contributed by atoms with Gasteiger partial charge >= 0.3 is 0 Å². The minimum atomic E-state index is 0.000452. The fourth-order valence-electron chi connectivity index (χ4n) is 2.57. The fourth-order valence-corrected chi connectivity index (χ4v) is 2.57. The van der Waals surface area contributed by atoms with E-state index in [0.29, 0.717) is 18.0 Å². The summed E-state index contributed by atoms with van der Waals surface area (Å²) in [4.78, 5) is 14.4. The van der Waals surface area contributed by atoms with Crippen molar-refractivity contribution in [2.75, 3.05) is 20.8 Å². The first-order valence-corrected chi connectivity index (χ1v) is 8.40. The summed E-state index contributed by atoms with van der Waals surface area (Å²) in [6.07, 6.45) is 4.33. The zero-order chi connectivity index (χ0) is 18.1. The summed E-state index contributed by atoms with van der Waals surface area (Å²) < 4.78 is 10.5. The van der Waals surface area contributed by atoms with Crippen LogP contribution in [0.1, 0.15) is 24.5 Å². The maximum atomic E-state index is 12.6. The first-order valence-electron chi connectivity index (χ1n) is 8.40. The molecule has 1 amide bonds. The molecule has 2 aromatic carbocycles.